The maximum Gasteiger partial charge on any atom is 0.387 e. The second-order valence-electron chi connectivity index (χ2n) is 4.84. The molecule has 0 fully saturated rings. The van der Waals surface area contributed by atoms with E-state index in [9.17, 15) is 18.0 Å². The summed E-state index contributed by atoms with van der Waals surface area (Å²) in [6.45, 7) is -2.44. The number of hydrogen-bond donors (Lipinski definition) is 1. The molecule has 1 N–H and O–H groups in total. The van der Waals surface area contributed by atoms with E-state index in [4.69, 9.17) is 0 Å². The third kappa shape index (κ3) is 6.16. The van der Waals surface area contributed by atoms with Gasteiger partial charge in [-0.05, 0) is 36.2 Å². The van der Waals surface area contributed by atoms with E-state index in [1.54, 1.807) is 30.3 Å². The molecule has 0 bridgehead atoms. The van der Waals surface area contributed by atoms with E-state index in [1.165, 1.54) is 18.2 Å². The third-order valence-corrected chi connectivity index (χ3v) is 4.13. The molecule has 3 nitrogen and oxygen atoms in total. The van der Waals surface area contributed by atoms with Crippen molar-refractivity contribution in [1.82, 2.24) is 5.32 Å². The summed E-state index contributed by atoms with van der Waals surface area (Å²) < 4.78 is 41.7. The Bertz CT molecular complexity index is 665. The van der Waals surface area contributed by atoms with Crippen LogP contribution in [0.15, 0.2) is 53.4 Å². The second-order valence-corrected chi connectivity index (χ2v) is 5.86. The number of carbonyl (C=O) groups excluding carboxylic acids is 1. The Kier molecular flexibility index (Phi) is 6.99. The van der Waals surface area contributed by atoms with Crippen molar-refractivity contribution in [3.63, 3.8) is 0 Å². The number of hydrogen-bond acceptors (Lipinski definition) is 3. The zero-order valence-corrected chi connectivity index (χ0v) is 13.5. The number of nitrogens with one attached hydrogen (secondary N) is 1. The van der Waals surface area contributed by atoms with Crippen LogP contribution in [-0.4, -0.2) is 24.8 Å². The van der Waals surface area contributed by atoms with Crippen molar-refractivity contribution in [3.8, 4) is 5.75 Å². The molecule has 0 saturated heterocycles. The summed E-state index contributed by atoms with van der Waals surface area (Å²) in [5, 5.41) is 2.73. The number of benzene rings is 2. The van der Waals surface area contributed by atoms with Crippen molar-refractivity contribution in [2.45, 2.75) is 17.9 Å². The highest BCUT2D eigenvalue weighted by Crippen LogP contribution is 2.20. The van der Waals surface area contributed by atoms with Gasteiger partial charge in [-0.3, -0.25) is 4.79 Å². The average molecular weight is 355 g/mol. The lowest BCUT2D eigenvalue weighted by molar-refractivity contribution is -0.118. The fraction of sp³-hybridized carbons (Fsp3) is 0.235. The fourth-order valence-corrected chi connectivity index (χ4v) is 2.71. The number of carbonyl (C=O) groups is 1. The first-order valence-electron chi connectivity index (χ1n) is 7.22. The molecule has 0 aliphatic heterocycles. The van der Waals surface area contributed by atoms with E-state index in [2.05, 4.69) is 10.1 Å². The van der Waals surface area contributed by atoms with Crippen LogP contribution in [0.4, 0.5) is 13.2 Å². The van der Waals surface area contributed by atoms with Gasteiger partial charge in [0.15, 0.2) is 0 Å². The lowest BCUT2D eigenvalue weighted by Crippen LogP contribution is -2.27. The van der Waals surface area contributed by atoms with Gasteiger partial charge in [0.05, 0.1) is 5.75 Å². The summed E-state index contributed by atoms with van der Waals surface area (Å²) in [4.78, 5) is 12.2. The van der Waals surface area contributed by atoms with Gasteiger partial charge in [0.1, 0.15) is 11.6 Å². The van der Waals surface area contributed by atoms with Crippen LogP contribution in [0.25, 0.3) is 0 Å². The SMILES string of the molecule is O=C(CSc1ccccc1F)NCCc1ccc(OC(F)F)cc1. The molecular weight excluding hydrogens is 339 g/mol. The van der Waals surface area contributed by atoms with Gasteiger partial charge in [0.2, 0.25) is 5.91 Å². The smallest absolute Gasteiger partial charge is 0.387 e. The number of amides is 1. The van der Waals surface area contributed by atoms with Crippen molar-refractivity contribution < 1.29 is 22.7 Å². The molecule has 7 heteroatoms. The Balaban J connectivity index is 1.70. The minimum atomic E-state index is -2.85. The lowest BCUT2D eigenvalue weighted by Gasteiger charge is -2.07. The first-order chi connectivity index (χ1) is 11.5. The maximum atomic E-state index is 13.4. The predicted molar refractivity (Wildman–Crippen MR) is 86.9 cm³/mol. The molecular formula is C17H16F3NO2S. The summed E-state index contributed by atoms with van der Waals surface area (Å²) >= 11 is 1.13. The Hall–Kier alpha value is -2.15. The molecule has 0 aliphatic carbocycles. The number of rotatable bonds is 8. The molecule has 2 rings (SSSR count). The van der Waals surface area contributed by atoms with Crippen molar-refractivity contribution in [2.75, 3.05) is 12.3 Å². The molecule has 0 aliphatic rings. The molecule has 128 valence electrons. The second kappa shape index (κ2) is 9.22. The molecule has 0 unspecified atom stereocenters. The van der Waals surface area contributed by atoms with Gasteiger partial charge in [0, 0.05) is 11.4 Å². The molecule has 1 amide bonds. The quantitative estimate of drug-likeness (QED) is 0.731. The third-order valence-electron chi connectivity index (χ3n) is 3.08. The summed E-state index contributed by atoms with van der Waals surface area (Å²) in [7, 11) is 0. The van der Waals surface area contributed by atoms with Gasteiger partial charge in [-0.15, -0.1) is 11.8 Å². The van der Waals surface area contributed by atoms with Gasteiger partial charge in [0.25, 0.3) is 0 Å². The molecule has 0 atom stereocenters. The Labute approximate surface area is 142 Å². The molecule has 0 heterocycles. The summed E-state index contributed by atoms with van der Waals surface area (Å²) in [6.07, 6.45) is 0.561. The summed E-state index contributed by atoms with van der Waals surface area (Å²) in [6, 6.07) is 12.5. The minimum Gasteiger partial charge on any atom is -0.435 e. The van der Waals surface area contributed by atoms with Gasteiger partial charge in [-0.25, -0.2) is 4.39 Å². The van der Waals surface area contributed by atoms with Crippen LogP contribution in [0.3, 0.4) is 0 Å². The summed E-state index contributed by atoms with van der Waals surface area (Å²) in [5.41, 5.74) is 0.888. The van der Waals surface area contributed by atoms with Crippen LogP contribution in [0.1, 0.15) is 5.56 Å². The molecule has 0 spiro atoms. The Morgan fingerprint density at radius 3 is 2.50 bits per heavy atom. The monoisotopic (exact) mass is 355 g/mol. The van der Waals surface area contributed by atoms with Crippen molar-refractivity contribution >= 4 is 17.7 Å². The highest BCUT2D eigenvalue weighted by atomic mass is 32.2. The van der Waals surface area contributed by atoms with Crippen molar-refractivity contribution in [2.24, 2.45) is 0 Å². The van der Waals surface area contributed by atoms with E-state index in [-0.39, 0.29) is 23.2 Å². The number of alkyl halides is 2. The molecule has 2 aromatic rings. The lowest BCUT2D eigenvalue weighted by atomic mass is 10.1. The minimum absolute atomic E-state index is 0.0964. The maximum absolute atomic E-state index is 13.4. The first kappa shape index (κ1) is 18.2. The molecule has 24 heavy (non-hydrogen) atoms. The van der Waals surface area contributed by atoms with Crippen LogP contribution < -0.4 is 10.1 Å². The topological polar surface area (TPSA) is 38.3 Å². The fourth-order valence-electron chi connectivity index (χ4n) is 1.94. The van der Waals surface area contributed by atoms with Crippen LogP contribution >= 0.6 is 11.8 Å². The highest BCUT2D eigenvalue weighted by molar-refractivity contribution is 8.00. The van der Waals surface area contributed by atoms with Gasteiger partial charge in [-0.2, -0.15) is 8.78 Å². The van der Waals surface area contributed by atoms with Gasteiger partial charge >= 0.3 is 6.61 Å². The van der Waals surface area contributed by atoms with E-state index in [1.807, 2.05) is 0 Å². The highest BCUT2D eigenvalue weighted by Gasteiger charge is 2.06. The van der Waals surface area contributed by atoms with E-state index < -0.39 is 6.61 Å². The number of halogens is 3. The standard InChI is InChI=1S/C17H16F3NO2S/c18-14-3-1-2-4-15(14)24-11-16(22)21-10-9-12-5-7-13(8-6-12)23-17(19)20/h1-8,17H,9-11H2,(H,21,22). The zero-order valence-electron chi connectivity index (χ0n) is 12.7. The normalized spacial score (nSPS) is 10.7. The predicted octanol–water partition coefficient (Wildman–Crippen LogP) is 3.88. The summed E-state index contributed by atoms with van der Waals surface area (Å²) in [5.74, 6) is -0.316. The van der Waals surface area contributed by atoms with E-state index in [0.29, 0.717) is 17.9 Å². The number of thioether (sulfide) groups is 1. The van der Waals surface area contributed by atoms with E-state index >= 15 is 0 Å². The van der Waals surface area contributed by atoms with Crippen LogP contribution in [0, 0.1) is 5.82 Å². The van der Waals surface area contributed by atoms with Crippen LogP contribution in [0.5, 0.6) is 5.75 Å². The molecule has 0 radical (unpaired) electrons. The van der Waals surface area contributed by atoms with Gasteiger partial charge in [-0.1, -0.05) is 24.3 Å². The van der Waals surface area contributed by atoms with Gasteiger partial charge < -0.3 is 10.1 Å². The average Bonchev–Trinajstić information content (AvgIpc) is 2.55. The first-order valence-corrected chi connectivity index (χ1v) is 8.21. The largest absolute Gasteiger partial charge is 0.435 e. The Morgan fingerprint density at radius 2 is 1.83 bits per heavy atom. The van der Waals surface area contributed by atoms with Crippen LogP contribution in [0.2, 0.25) is 0 Å². The van der Waals surface area contributed by atoms with Crippen molar-refractivity contribution in [1.29, 1.82) is 0 Å². The van der Waals surface area contributed by atoms with Crippen molar-refractivity contribution in [3.05, 3.63) is 59.9 Å². The molecule has 2 aromatic carbocycles. The zero-order chi connectivity index (χ0) is 17.4. The molecule has 0 saturated carbocycles. The Morgan fingerprint density at radius 1 is 1.12 bits per heavy atom. The number of ether oxygens (including phenoxy) is 1. The molecule has 0 aromatic heterocycles. The van der Waals surface area contributed by atoms with Crippen LogP contribution in [-0.2, 0) is 11.2 Å². The van der Waals surface area contributed by atoms with E-state index in [0.717, 1.165) is 17.3 Å².